The summed E-state index contributed by atoms with van der Waals surface area (Å²) in [5.41, 5.74) is 3.87. The lowest BCUT2D eigenvalue weighted by Gasteiger charge is -2.35. The zero-order valence-electron chi connectivity index (χ0n) is 19.1. The minimum atomic E-state index is -0.392. The zero-order chi connectivity index (χ0) is 22.7. The molecule has 1 N–H and O–H groups in total. The fourth-order valence-electron chi connectivity index (χ4n) is 4.27. The number of ether oxygens (including phenoxy) is 1. The van der Waals surface area contributed by atoms with Crippen LogP contribution >= 0.6 is 12.4 Å². The molecule has 0 bridgehead atoms. The lowest BCUT2D eigenvalue weighted by Crippen LogP contribution is -2.43. The molecule has 3 aromatic rings. The predicted molar refractivity (Wildman–Crippen MR) is 132 cm³/mol. The van der Waals surface area contributed by atoms with E-state index in [4.69, 9.17) is 4.74 Å². The van der Waals surface area contributed by atoms with Crippen molar-refractivity contribution in [1.29, 1.82) is 0 Å². The number of rotatable bonds is 5. The van der Waals surface area contributed by atoms with E-state index < -0.39 is 5.97 Å². The van der Waals surface area contributed by atoms with Crippen LogP contribution in [0.25, 0.3) is 11.0 Å². The van der Waals surface area contributed by atoms with Gasteiger partial charge in [0.25, 0.3) is 5.91 Å². The van der Waals surface area contributed by atoms with Gasteiger partial charge < -0.3 is 15.0 Å². The van der Waals surface area contributed by atoms with Crippen LogP contribution in [0.15, 0.2) is 42.6 Å². The number of carbonyl (C=O) groups is 2. The highest BCUT2D eigenvalue weighted by atomic mass is 35.5. The Morgan fingerprint density at radius 1 is 1.15 bits per heavy atom. The maximum atomic E-state index is 13.6. The van der Waals surface area contributed by atoms with Crippen LogP contribution in [0.3, 0.4) is 0 Å². The van der Waals surface area contributed by atoms with Crippen LogP contribution in [0.5, 0.6) is 0 Å². The van der Waals surface area contributed by atoms with Crippen LogP contribution in [0.1, 0.15) is 59.0 Å². The van der Waals surface area contributed by atoms with Gasteiger partial charge in [-0.3, -0.25) is 4.79 Å². The summed E-state index contributed by atoms with van der Waals surface area (Å²) in [6, 6.07) is 11.1. The van der Waals surface area contributed by atoms with E-state index in [0.717, 1.165) is 49.0 Å². The first-order valence-corrected chi connectivity index (χ1v) is 11.0. The van der Waals surface area contributed by atoms with E-state index >= 15 is 0 Å². The molecule has 0 radical (unpaired) electrons. The fourth-order valence-corrected chi connectivity index (χ4v) is 4.27. The molecule has 2 aromatic heterocycles. The number of halogens is 1. The molecule has 0 aliphatic carbocycles. The highest BCUT2D eigenvalue weighted by Crippen LogP contribution is 2.31. The Balaban J connectivity index is 0.00000306. The summed E-state index contributed by atoms with van der Waals surface area (Å²) in [6.45, 7) is 4.80. The first kappa shape index (κ1) is 24.5. The molecule has 1 unspecified atom stereocenters. The Morgan fingerprint density at radius 2 is 1.91 bits per heavy atom. The summed E-state index contributed by atoms with van der Waals surface area (Å²) in [7, 11) is 1.36. The topological polar surface area (TPSA) is 84.4 Å². The first-order chi connectivity index (χ1) is 15.5. The van der Waals surface area contributed by atoms with Gasteiger partial charge in [0.1, 0.15) is 0 Å². The van der Waals surface area contributed by atoms with Crippen molar-refractivity contribution in [2.45, 2.75) is 45.6 Å². The SMILES string of the molecule is CCC1CCCCN1C(=O)c1cnc2nc(C)ccc2c1Nc1ccc(C(=O)OC)cc1.Cl. The number of fused-ring (bicyclic) bond motifs is 1. The molecule has 7 nitrogen and oxygen atoms in total. The molecule has 1 aliphatic heterocycles. The number of hydrogen-bond acceptors (Lipinski definition) is 6. The molecule has 174 valence electrons. The van der Waals surface area contributed by atoms with Gasteiger partial charge in [-0.2, -0.15) is 0 Å². The average molecular weight is 469 g/mol. The van der Waals surface area contributed by atoms with E-state index in [2.05, 4.69) is 22.2 Å². The first-order valence-electron chi connectivity index (χ1n) is 11.0. The molecule has 4 rings (SSSR count). The Labute approximate surface area is 200 Å². The van der Waals surface area contributed by atoms with Gasteiger partial charge in [-0.25, -0.2) is 14.8 Å². The Morgan fingerprint density at radius 3 is 2.61 bits per heavy atom. The van der Waals surface area contributed by atoms with Crippen LogP contribution in [0.2, 0.25) is 0 Å². The summed E-state index contributed by atoms with van der Waals surface area (Å²) in [6.07, 6.45) is 5.76. The van der Waals surface area contributed by atoms with Crippen LogP contribution < -0.4 is 5.32 Å². The number of carbonyl (C=O) groups excluding carboxylic acids is 2. The van der Waals surface area contributed by atoms with E-state index in [1.54, 1.807) is 30.5 Å². The third kappa shape index (κ3) is 5.09. The number of nitrogens with one attached hydrogen (secondary N) is 1. The van der Waals surface area contributed by atoms with Crippen LogP contribution in [-0.4, -0.2) is 46.4 Å². The highest BCUT2D eigenvalue weighted by Gasteiger charge is 2.28. The minimum Gasteiger partial charge on any atom is -0.465 e. The smallest absolute Gasteiger partial charge is 0.337 e. The number of methoxy groups -OCH3 is 1. The third-order valence-electron chi connectivity index (χ3n) is 6.03. The summed E-state index contributed by atoms with van der Waals surface area (Å²) in [5, 5.41) is 4.17. The fraction of sp³-hybridized carbons (Fsp3) is 0.360. The molecule has 0 spiro atoms. The number of esters is 1. The van der Waals surface area contributed by atoms with Crippen molar-refractivity contribution >= 4 is 46.7 Å². The summed E-state index contributed by atoms with van der Waals surface area (Å²) in [4.78, 5) is 36.4. The second-order valence-corrected chi connectivity index (χ2v) is 8.12. The molecule has 8 heteroatoms. The molecule has 1 saturated heterocycles. The van der Waals surface area contributed by atoms with Crippen molar-refractivity contribution < 1.29 is 14.3 Å². The molecule has 3 heterocycles. The molecule has 1 aromatic carbocycles. The minimum absolute atomic E-state index is 0. The second kappa shape index (κ2) is 10.6. The quantitative estimate of drug-likeness (QED) is 0.512. The molecule has 33 heavy (non-hydrogen) atoms. The van der Waals surface area contributed by atoms with E-state index in [-0.39, 0.29) is 24.4 Å². The van der Waals surface area contributed by atoms with Gasteiger partial charge in [0.05, 0.1) is 23.9 Å². The number of nitrogens with zero attached hydrogens (tertiary/aromatic N) is 3. The zero-order valence-corrected chi connectivity index (χ0v) is 19.9. The lowest BCUT2D eigenvalue weighted by molar-refractivity contribution is 0.0596. The van der Waals surface area contributed by atoms with Crippen molar-refractivity contribution in [2.75, 3.05) is 19.0 Å². The number of amides is 1. The molecule has 1 aliphatic rings. The second-order valence-electron chi connectivity index (χ2n) is 8.12. The van der Waals surface area contributed by atoms with Crippen molar-refractivity contribution in [2.24, 2.45) is 0 Å². The van der Waals surface area contributed by atoms with Crippen LogP contribution in [0.4, 0.5) is 11.4 Å². The lowest BCUT2D eigenvalue weighted by atomic mass is 9.98. The van der Waals surface area contributed by atoms with Crippen molar-refractivity contribution in [3.63, 3.8) is 0 Å². The average Bonchev–Trinajstić information content (AvgIpc) is 2.83. The van der Waals surface area contributed by atoms with Gasteiger partial charge in [-0.15, -0.1) is 12.4 Å². The Hall–Kier alpha value is -3.19. The number of benzene rings is 1. The van der Waals surface area contributed by atoms with Crippen LogP contribution in [0, 0.1) is 6.92 Å². The van der Waals surface area contributed by atoms with E-state index in [9.17, 15) is 9.59 Å². The standard InChI is InChI=1S/C25H28N4O3.ClH/c1-4-19-7-5-6-14-29(19)24(30)21-15-26-23-20(13-8-16(2)27-23)22(21)28-18-11-9-17(10-12-18)25(31)32-3;/h8-13,15,19H,4-7,14H2,1-3H3,(H,26,27,28);1H. The Bertz CT molecular complexity index is 1150. The number of aromatic nitrogens is 2. The number of likely N-dealkylation sites (tertiary alicyclic amines) is 1. The van der Waals surface area contributed by atoms with E-state index in [1.165, 1.54) is 7.11 Å². The van der Waals surface area contributed by atoms with Gasteiger partial charge in [-0.05, 0) is 69.0 Å². The highest BCUT2D eigenvalue weighted by molar-refractivity contribution is 6.07. The molecule has 0 saturated carbocycles. The molecule has 1 fully saturated rings. The summed E-state index contributed by atoms with van der Waals surface area (Å²) >= 11 is 0. The molecular weight excluding hydrogens is 440 g/mol. The number of hydrogen-bond donors (Lipinski definition) is 1. The number of pyridine rings is 2. The van der Waals surface area contributed by atoms with Gasteiger partial charge in [0, 0.05) is 35.6 Å². The van der Waals surface area contributed by atoms with E-state index in [0.29, 0.717) is 22.5 Å². The number of anilines is 2. The van der Waals surface area contributed by atoms with Crippen molar-refractivity contribution in [1.82, 2.24) is 14.9 Å². The molecule has 1 atom stereocenters. The maximum absolute atomic E-state index is 13.6. The van der Waals surface area contributed by atoms with Crippen molar-refractivity contribution in [3.8, 4) is 0 Å². The maximum Gasteiger partial charge on any atom is 0.337 e. The predicted octanol–water partition coefficient (Wildman–Crippen LogP) is 5.29. The van der Waals surface area contributed by atoms with Gasteiger partial charge >= 0.3 is 5.97 Å². The number of piperidine rings is 1. The monoisotopic (exact) mass is 468 g/mol. The van der Waals surface area contributed by atoms with Crippen LogP contribution in [-0.2, 0) is 4.74 Å². The molecular formula is C25H29ClN4O3. The summed E-state index contributed by atoms with van der Waals surface area (Å²) < 4.78 is 4.78. The van der Waals surface area contributed by atoms with Gasteiger partial charge in [0.2, 0.25) is 0 Å². The number of aryl methyl sites for hydroxylation is 1. The normalized spacial score (nSPS) is 15.6. The van der Waals surface area contributed by atoms with E-state index in [1.807, 2.05) is 24.0 Å². The Kier molecular flexibility index (Phi) is 7.87. The third-order valence-corrected chi connectivity index (χ3v) is 6.03. The largest absolute Gasteiger partial charge is 0.465 e. The van der Waals surface area contributed by atoms with Gasteiger partial charge in [-0.1, -0.05) is 6.92 Å². The molecule has 1 amide bonds. The van der Waals surface area contributed by atoms with Gasteiger partial charge in [0.15, 0.2) is 5.65 Å². The summed E-state index contributed by atoms with van der Waals surface area (Å²) in [5.74, 6) is -0.405. The van der Waals surface area contributed by atoms with Crippen molar-refractivity contribution in [3.05, 3.63) is 59.4 Å².